The van der Waals surface area contributed by atoms with Crippen molar-refractivity contribution < 1.29 is 32.3 Å². The number of alkyl halides is 3. The van der Waals surface area contributed by atoms with Gasteiger partial charge in [0.2, 0.25) is 5.91 Å². The van der Waals surface area contributed by atoms with Crippen LogP contribution in [-0.2, 0) is 4.79 Å². The number of Topliss-reactive ketones (excluding diaryl/α,β-unsaturated/α-hetero) is 1. The number of carbonyl (C=O) groups is 2. The van der Waals surface area contributed by atoms with E-state index in [1.807, 2.05) is 23.9 Å². The molecule has 10 heteroatoms. The summed E-state index contributed by atoms with van der Waals surface area (Å²) in [7, 11) is 3.87. The first-order chi connectivity index (χ1) is 18.9. The van der Waals surface area contributed by atoms with Crippen LogP contribution in [0, 0.1) is 24.6 Å². The quantitative estimate of drug-likeness (QED) is 0.367. The van der Waals surface area contributed by atoms with Crippen LogP contribution >= 0.6 is 0 Å². The van der Waals surface area contributed by atoms with Gasteiger partial charge in [0.15, 0.2) is 5.78 Å². The standard InChI is InChI=1S/C30H37F4N3O3/c1-19-22(10-5-11-25(19)31)27-23(28(39)20-8-4-9-21(38)16-20)17-36(14-7-13-35(2)3)18-24(27)29(40)37-15-6-12-26(37)30(32,33)34/h4-5,8-11,16,23-24,26-27,38H,6-7,12-15,17-18H2,1-3H3/t23-,24+,26-,27+/m0/s1. The van der Waals surface area contributed by atoms with Gasteiger partial charge in [0.25, 0.3) is 0 Å². The fraction of sp³-hybridized carbons (Fsp3) is 0.533. The molecule has 2 aliphatic rings. The number of amides is 1. The molecule has 2 aromatic carbocycles. The second-order valence-corrected chi connectivity index (χ2v) is 11.3. The zero-order valence-electron chi connectivity index (χ0n) is 23.1. The summed E-state index contributed by atoms with van der Waals surface area (Å²) in [6.07, 6.45) is -3.75. The minimum Gasteiger partial charge on any atom is -0.508 e. The fourth-order valence-corrected chi connectivity index (χ4v) is 6.29. The molecule has 2 aliphatic heterocycles. The van der Waals surface area contributed by atoms with Gasteiger partial charge in [0, 0.05) is 37.0 Å². The first-order valence-corrected chi connectivity index (χ1v) is 13.7. The van der Waals surface area contributed by atoms with Gasteiger partial charge in [-0.3, -0.25) is 9.59 Å². The Morgan fingerprint density at radius 2 is 1.77 bits per heavy atom. The van der Waals surface area contributed by atoms with Crippen LogP contribution in [0.4, 0.5) is 17.6 Å². The maximum atomic E-state index is 14.8. The summed E-state index contributed by atoms with van der Waals surface area (Å²) in [6, 6.07) is 8.49. The molecule has 2 saturated heterocycles. The molecule has 0 radical (unpaired) electrons. The molecular weight excluding hydrogens is 526 g/mol. The van der Waals surface area contributed by atoms with E-state index in [9.17, 15) is 32.3 Å². The Bertz CT molecular complexity index is 1220. The number of carbonyl (C=O) groups excluding carboxylic acids is 2. The van der Waals surface area contributed by atoms with Gasteiger partial charge in [-0.05, 0) is 82.7 Å². The highest BCUT2D eigenvalue weighted by Gasteiger charge is 2.52. The van der Waals surface area contributed by atoms with Crippen molar-refractivity contribution in [2.75, 3.05) is 46.8 Å². The molecular formula is C30H37F4N3O3. The number of rotatable bonds is 8. The molecule has 0 unspecified atom stereocenters. The number of phenolic OH excluding ortho intramolecular Hbond substituents is 1. The van der Waals surface area contributed by atoms with Gasteiger partial charge in [-0.2, -0.15) is 13.2 Å². The zero-order chi connectivity index (χ0) is 29.2. The predicted octanol–water partition coefficient (Wildman–Crippen LogP) is 4.86. The fourth-order valence-electron chi connectivity index (χ4n) is 6.29. The van der Waals surface area contributed by atoms with Crippen LogP contribution in [0.5, 0.6) is 5.75 Å². The second-order valence-electron chi connectivity index (χ2n) is 11.3. The number of piperidine rings is 1. The van der Waals surface area contributed by atoms with E-state index < -0.39 is 41.7 Å². The van der Waals surface area contributed by atoms with E-state index in [2.05, 4.69) is 0 Å². The molecule has 40 heavy (non-hydrogen) atoms. The SMILES string of the molecule is Cc1c(F)cccc1[C@@H]1[C@@H](C(=O)c2cccc(O)c2)CN(CCCN(C)C)C[C@H]1C(=O)N1CCC[C@H]1C(F)(F)F. The lowest BCUT2D eigenvalue weighted by molar-refractivity contribution is -0.185. The number of hydrogen-bond donors (Lipinski definition) is 1. The number of benzene rings is 2. The molecule has 218 valence electrons. The van der Waals surface area contributed by atoms with E-state index in [4.69, 9.17) is 0 Å². The Hall–Kier alpha value is -2.98. The van der Waals surface area contributed by atoms with Gasteiger partial charge in [-0.25, -0.2) is 4.39 Å². The van der Waals surface area contributed by atoms with E-state index in [1.54, 1.807) is 25.1 Å². The molecule has 2 aromatic rings. The summed E-state index contributed by atoms with van der Waals surface area (Å²) in [4.78, 5) is 33.0. The van der Waals surface area contributed by atoms with E-state index in [-0.39, 0.29) is 55.1 Å². The second kappa shape index (κ2) is 12.3. The number of nitrogens with zero attached hydrogens (tertiary/aromatic N) is 3. The van der Waals surface area contributed by atoms with Gasteiger partial charge >= 0.3 is 6.18 Å². The van der Waals surface area contributed by atoms with Crippen LogP contribution in [0.2, 0.25) is 0 Å². The monoisotopic (exact) mass is 563 g/mol. The third-order valence-electron chi connectivity index (χ3n) is 8.22. The summed E-state index contributed by atoms with van der Waals surface area (Å²) in [5.41, 5.74) is 0.959. The molecule has 0 saturated carbocycles. The average Bonchev–Trinajstić information content (AvgIpc) is 3.40. The Morgan fingerprint density at radius 3 is 2.45 bits per heavy atom. The molecule has 1 amide bonds. The maximum absolute atomic E-state index is 14.8. The van der Waals surface area contributed by atoms with Crippen LogP contribution in [0.15, 0.2) is 42.5 Å². The number of halogens is 4. The van der Waals surface area contributed by atoms with E-state index in [0.29, 0.717) is 12.1 Å². The molecule has 6 nitrogen and oxygen atoms in total. The molecule has 2 heterocycles. The smallest absolute Gasteiger partial charge is 0.408 e. The summed E-state index contributed by atoms with van der Waals surface area (Å²) in [6.45, 7) is 3.28. The Labute approximate surface area is 232 Å². The third kappa shape index (κ3) is 6.49. The lowest BCUT2D eigenvalue weighted by Gasteiger charge is -2.45. The minimum absolute atomic E-state index is 0.0137. The van der Waals surface area contributed by atoms with E-state index >= 15 is 0 Å². The third-order valence-corrected chi connectivity index (χ3v) is 8.22. The topological polar surface area (TPSA) is 64.1 Å². The summed E-state index contributed by atoms with van der Waals surface area (Å²) >= 11 is 0. The Kier molecular flexibility index (Phi) is 9.19. The van der Waals surface area contributed by atoms with Crippen LogP contribution < -0.4 is 0 Å². The molecule has 0 aromatic heterocycles. The van der Waals surface area contributed by atoms with Gasteiger partial charge in [0.05, 0.1) is 5.92 Å². The molecule has 2 fully saturated rings. The normalized spacial score (nSPS) is 24.1. The lowest BCUT2D eigenvalue weighted by Crippen LogP contribution is -2.55. The van der Waals surface area contributed by atoms with Gasteiger partial charge in [-0.15, -0.1) is 0 Å². The lowest BCUT2D eigenvalue weighted by atomic mass is 9.69. The van der Waals surface area contributed by atoms with E-state index in [0.717, 1.165) is 17.9 Å². The van der Waals surface area contributed by atoms with Crippen LogP contribution in [-0.4, -0.2) is 90.5 Å². The average molecular weight is 564 g/mol. The van der Waals surface area contributed by atoms with Crippen LogP contribution in [0.25, 0.3) is 0 Å². The highest BCUT2D eigenvalue weighted by molar-refractivity contribution is 5.99. The largest absolute Gasteiger partial charge is 0.508 e. The van der Waals surface area contributed by atoms with Crippen molar-refractivity contribution in [3.8, 4) is 5.75 Å². The van der Waals surface area contributed by atoms with Crippen molar-refractivity contribution >= 4 is 11.7 Å². The number of aromatic hydroxyl groups is 1. The summed E-state index contributed by atoms with van der Waals surface area (Å²) in [5, 5.41) is 10.0. The first-order valence-electron chi connectivity index (χ1n) is 13.7. The molecule has 0 spiro atoms. The van der Waals surface area contributed by atoms with Gasteiger partial charge in [-0.1, -0.05) is 24.3 Å². The molecule has 0 aliphatic carbocycles. The van der Waals surface area contributed by atoms with Crippen LogP contribution in [0.1, 0.15) is 46.7 Å². The van der Waals surface area contributed by atoms with E-state index in [1.165, 1.54) is 24.3 Å². The van der Waals surface area contributed by atoms with Crippen molar-refractivity contribution in [3.05, 3.63) is 65.0 Å². The van der Waals surface area contributed by atoms with Crippen molar-refractivity contribution in [1.29, 1.82) is 0 Å². The van der Waals surface area contributed by atoms with Crippen molar-refractivity contribution in [3.63, 3.8) is 0 Å². The number of hydrogen-bond acceptors (Lipinski definition) is 5. The zero-order valence-corrected chi connectivity index (χ0v) is 23.1. The Balaban J connectivity index is 1.80. The number of phenols is 1. The Morgan fingerprint density at radius 1 is 1.07 bits per heavy atom. The highest BCUT2D eigenvalue weighted by atomic mass is 19.4. The van der Waals surface area contributed by atoms with Crippen molar-refractivity contribution in [1.82, 2.24) is 14.7 Å². The number of ketones is 1. The summed E-state index contributed by atoms with van der Waals surface area (Å²) in [5.74, 6) is -4.25. The van der Waals surface area contributed by atoms with Crippen molar-refractivity contribution in [2.45, 2.75) is 44.3 Å². The van der Waals surface area contributed by atoms with Gasteiger partial charge < -0.3 is 19.8 Å². The molecule has 0 bridgehead atoms. The maximum Gasteiger partial charge on any atom is 0.408 e. The van der Waals surface area contributed by atoms with Crippen molar-refractivity contribution in [2.24, 2.45) is 11.8 Å². The van der Waals surface area contributed by atoms with Crippen LogP contribution in [0.3, 0.4) is 0 Å². The minimum atomic E-state index is -4.56. The molecule has 1 N–H and O–H groups in total. The van der Waals surface area contributed by atoms with Gasteiger partial charge in [0.1, 0.15) is 17.6 Å². The molecule has 4 rings (SSSR count). The molecule has 4 atom stereocenters. The first kappa shape index (κ1) is 30.0. The number of likely N-dealkylation sites (tertiary alicyclic amines) is 2. The predicted molar refractivity (Wildman–Crippen MR) is 144 cm³/mol. The highest BCUT2D eigenvalue weighted by Crippen LogP contribution is 2.44. The summed E-state index contributed by atoms with van der Waals surface area (Å²) < 4.78 is 56.6.